The van der Waals surface area contributed by atoms with Crippen LogP contribution in [-0.4, -0.2) is 76.2 Å². The van der Waals surface area contributed by atoms with Gasteiger partial charge in [0, 0.05) is 74.0 Å². The van der Waals surface area contributed by atoms with Gasteiger partial charge in [0.05, 0.1) is 17.7 Å². The van der Waals surface area contributed by atoms with Gasteiger partial charge in [0.15, 0.2) is 0 Å². The molecule has 0 spiro atoms. The van der Waals surface area contributed by atoms with E-state index in [1.807, 2.05) is 25.7 Å². The Bertz CT molecular complexity index is 1350. The zero-order valence-corrected chi connectivity index (χ0v) is 24.5. The molecule has 2 saturated heterocycles. The number of hydrogen-bond acceptors (Lipinski definition) is 5. The molecular formula is C32H43FN4O4. The average Bonchev–Trinajstić information content (AvgIpc) is 2.93. The number of likely N-dealkylation sites (tertiary alicyclic amines) is 1. The highest BCUT2D eigenvalue weighted by Crippen LogP contribution is 2.41. The molecular weight excluding hydrogens is 523 g/mol. The summed E-state index contributed by atoms with van der Waals surface area (Å²) in [6.45, 7) is 8.94. The number of carbonyl (C=O) groups excluding carboxylic acids is 2. The number of aromatic nitrogens is 1. The molecule has 2 aromatic rings. The van der Waals surface area contributed by atoms with Gasteiger partial charge in [-0.3, -0.25) is 14.4 Å². The summed E-state index contributed by atoms with van der Waals surface area (Å²) in [7, 11) is 0. The fourth-order valence-corrected chi connectivity index (χ4v) is 6.57. The van der Waals surface area contributed by atoms with Crippen molar-refractivity contribution in [1.29, 1.82) is 0 Å². The van der Waals surface area contributed by atoms with E-state index in [0.717, 1.165) is 6.42 Å². The lowest BCUT2D eigenvalue weighted by atomic mass is 9.69. The molecule has 0 radical (unpaired) electrons. The van der Waals surface area contributed by atoms with Gasteiger partial charge in [0.25, 0.3) is 11.5 Å². The third kappa shape index (κ3) is 5.97. The second-order valence-electron chi connectivity index (χ2n) is 12.9. The van der Waals surface area contributed by atoms with Crippen molar-refractivity contribution in [2.45, 2.75) is 65.0 Å². The third-order valence-corrected chi connectivity index (χ3v) is 9.64. The van der Waals surface area contributed by atoms with E-state index in [2.05, 4.69) is 5.32 Å². The van der Waals surface area contributed by atoms with Crippen molar-refractivity contribution in [3.8, 4) is 11.1 Å². The largest absolute Gasteiger partial charge is 0.387 e. The number of rotatable bonds is 7. The molecule has 9 heteroatoms. The predicted molar refractivity (Wildman–Crippen MR) is 156 cm³/mol. The second-order valence-corrected chi connectivity index (χ2v) is 12.9. The van der Waals surface area contributed by atoms with Gasteiger partial charge in [0.1, 0.15) is 5.82 Å². The quantitative estimate of drug-likeness (QED) is 0.535. The lowest BCUT2D eigenvalue weighted by Crippen LogP contribution is -2.61. The summed E-state index contributed by atoms with van der Waals surface area (Å²) in [5.74, 6) is -0.0642. The highest BCUT2D eigenvalue weighted by Gasteiger charge is 2.49. The Labute approximate surface area is 241 Å². The van der Waals surface area contributed by atoms with E-state index in [4.69, 9.17) is 0 Å². The smallest absolute Gasteiger partial charge is 0.256 e. The van der Waals surface area contributed by atoms with Gasteiger partial charge in [-0.05, 0) is 24.8 Å². The summed E-state index contributed by atoms with van der Waals surface area (Å²) in [5.41, 5.74) is -1.74. The predicted octanol–water partition coefficient (Wildman–Crippen LogP) is 3.52. The van der Waals surface area contributed by atoms with E-state index in [-0.39, 0.29) is 41.0 Å². The summed E-state index contributed by atoms with van der Waals surface area (Å²) in [5, 5.41) is 15.2. The molecule has 41 heavy (non-hydrogen) atoms. The summed E-state index contributed by atoms with van der Waals surface area (Å²) < 4.78 is 16.3. The Morgan fingerprint density at radius 3 is 2.44 bits per heavy atom. The van der Waals surface area contributed by atoms with Crippen LogP contribution >= 0.6 is 0 Å². The standard InChI is InChI=1S/C32H43FN4O4/c1-22(17-23-7-6-8-23)29(39)36-14-11-32(41,31(2,3)20-36)21-37-19-26(30(40)35-15-12-34-13-16-35)25(18-28(37)38)24-9-4-5-10-27(24)33/h4-5,9-10,18-19,22-23,34,41H,6-8,11-17,20-21H2,1-3H3. The molecule has 2 unspecified atom stereocenters. The van der Waals surface area contributed by atoms with Gasteiger partial charge in [-0.2, -0.15) is 0 Å². The van der Waals surface area contributed by atoms with Crippen molar-refractivity contribution in [2.75, 3.05) is 39.3 Å². The van der Waals surface area contributed by atoms with Gasteiger partial charge >= 0.3 is 0 Å². The average molecular weight is 567 g/mol. The molecule has 2 atom stereocenters. The van der Waals surface area contributed by atoms with Gasteiger partial charge < -0.3 is 24.8 Å². The lowest BCUT2D eigenvalue weighted by Gasteiger charge is -2.51. The fraction of sp³-hybridized carbons (Fsp3) is 0.594. The maximum Gasteiger partial charge on any atom is 0.256 e. The minimum atomic E-state index is -1.29. The van der Waals surface area contributed by atoms with Crippen molar-refractivity contribution >= 4 is 11.8 Å². The monoisotopic (exact) mass is 566 g/mol. The molecule has 3 heterocycles. The maximum absolute atomic E-state index is 14.9. The first-order valence-corrected chi connectivity index (χ1v) is 15.0. The minimum Gasteiger partial charge on any atom is -0.387 e. The number of halogens is 1. The number of benzene rings is 1. The van der Waals surface area contributed by atoms with Crippen LogP contribution in [0.1, 0.15) is 63.2 Å². The number of carbonyl (C=O) groups is 2. The topological polar surface area (TPSA) is 94.9 Å². The van der Waals surface area contributed by atoms with Gasteiger partial charge in [-0.15, -0.1) is 0 Å². The van der Waals surface area contributed by atoms with Crippen molar-refractivity contribution in [1.82, 2.24) is 19.7 Å². The van der Waals surface area contributed by atoms with Crippen molar-refractivity contribution in [3.63, 3.8) is 0 Å². The molecule has 2 N–H and O–H groups in total. The zero-order valence-electron chi connectivity index (χ0n) is 24.5. The molecule has 1 aliphatic carbocycles. The van der Waals surface area contributed by atoms with Crippen LogP contribution in [0.4, 0.5) is 4.39 Å². The number of aliphatic hydroxyl groups is 1. The van der Waals surface area contributed by atoms with Crippen LogP contribution in [0.25, 0.3) is 11.1 Å². The zero-order chi connectivity index (χ0) is 29.4. The highest BCUT2D eigenvalue weighted by atomic mass is 19.1. The molecule has 3 fully saturated rings. The summed E-state index contributed by atoms with van der Waals surface area (Å²) in [6, 6.07) is 7.44. The second kappa shape index (κ2) is 11.7. The minimum absolute atomic E-state index is 0.0299. The van der Waals surface area contributed by atoms with E-state index in [0.29, 0.717) is 51.6 Å². The number of piperazine rings is 1. The number of nitrogens with one attached hydrogen (secondary N) is 1. The number of nitrogens with zero attached hydrogens (tertiary/aromatic N) is 3. The number of piperidine rings is 1. The Morgan fingerprint density at radius 1 is 1.10 bits per heavy atom. The van der Waals surface area contributed by atoms with E-state index in [9.17, 15) is 23.9 Å². The summed E-state index contributed by atoms with van der Waals surface area (Å²) in [6.07, 6.45) is 6.36. The maximum atomic E-state index is 14.9. The van der Waals surface area contributed by atoms with Crippen LogP contribution in [0.15, 0.2) is 41.3 Å². The molecule has 0 bridgehead atoms. The lowest BCUT2D eigenvalue weighted by molar-refractivity contribution is -0.157. The molecule has 1 aromatic heterocycles. The Morgan fingerprint density at radius 2 is 1.80 bits per heavy atom. The molecule has 2 aliphatic heterocycles. The molecule has 1 saturated carbocycles. The van der Waals surface area contributed by atoms with E-state index < -0.39 is 22.4 Å². The van der Waals surface area contributed by atoms with E-state index >= 15 is 0 Å². The van der Waals surface area contributed by atoms with Crippen molar-refractivity contribution in [3.05, 3.63) is 58.3 Å². The first-order chi connectivity index (χ1) is 19.5. The van der Waals surface area contributed by atoms with Crippen LogP contribution in [0.5, 0.6) is 0 Å². The van der Waals surface area contributed by atoms with Crippen LogP contribution < -0.4 is 10.9 Å². The summed E-state index contributed by atoms with van der Waals surface area (Å²) >= 11 is 0. The first kappa shape index (κ1) is 29.5. The molecule has 2 amide bonds. The number of pyridine rings is 1. The molecule has 8 nitrogen and oxygen atoms in total. The SMILES string of the molecule is CC(CC1CCC1)C(=O)N1CCC(O)(Cn2cc(C(=O)N3CCNCC3)c(-c3ccccc3F)cc2=O)C(C)(C)C1. The Balaban J connectivity index is 1.42. The van der Waals surface area contributed by atoms with Crippen LogP contribution in [-0.2, 0) is 11.3 Å². The first-order valence-electron chi connectivity index (χ1n) is 15.0. The molecule has 3 aliphatic rings. The summed E-state index contributed by atoms with van der Waals surface area (Å²) in [4.78, 5) is 44.0. The van der Waals surface area contributed by atoms with Crippen LogP contribution in [0.2, 0.25) is 0 Å². The third-order valence-electron chi connectivity index (χ3n) is 9.64. The van der Waals surface area contributed by atoms with Crippen LogP contribution in [0, 0.1) is 23.1 Å². The highest BCUT2D eigenvalue weighted by molar-refractivity contribution is 6.00. The molecule has 222 valence electrons. The van der Waals surface area contributed by atoms with Gasteiger partial charge in [-0.25, -0.2) is 4.39 Å². The number of amides is 2. The van der Waals surface area contributed by atoms with Crippen LogP contribution in [0.3, 0.4) is 0 Å². The van der Waals surface area contributed by atoms with E-state index in [1.54, 1.807) is 23.1 Å². The Kier molecular flexibility index (Phi) is 8.39. The van der Waals surface area contributed by atoms with E-state index in [1.165, 1.54) is 42.2 Å². The van der Waals surface area contributed by atoms with Gasteiger partial charge in [-0.1, -0.05) is 58.2 Å². The normalized spacial score (nSPS) is 23.6. The number of hydrogen-bond donors (Lipinski definition) is 2. The molecule has 1 aromatic carbocycles. The Hall–Kier alpha value is -3.04. The van der Waals surface area contributed by atoms with Crippen molar-refractivity contribution < 1.29 is 19.1 Å². The molecule has 5 rings (SSSR count). The van der Waals surface area contributed by atoms with Crippen molar-refractivity contribution in [2.24, 2.45) is 17.3 Å². The fourth-order valence-electron chi connectivity index (χ4n) is 6.57. The van der Waals surface area contributed by atoms with Gasteiger partial charge in [0.2, 0.25) is 5.91 Å².